The fourth-order valence-electron chi connectivity index (χ4n) is 3.05. The molecule has 0 spiro atoms. The Hall–Kier alpha value is -3.47. The second-order valence-electron chi connectivity index (χ2n) is 6.78. The maximum Gasteiger partial charge on any atom is 0.387 e. The molecule has 1 heterocycles. The van der Waals surface area contributed by atoms with Crippen LogP contribution in [0.3, 0.4) is 0 Å². The molecule has 8 nitrogen and oxygen atoms in total. The van der Waals surface area contributed by atoms with E-state index in [9.17, 15) is 13.6 Å². The van der Waals surface area contributed by atoms with E-state index < -0.39 is 6.61 Å². The predicted octanol–water partition coefficient (Wildman–Crippen LogP) is 3.88. The highest BCUT2D eigenvalue weighted by Crippen LogP contribution is 2.30. The van der Waals surface area contributed by atoms with Crippen LogP contribution in [0.25, 0.3) is 11.4 Å². The van der Waals surface area contributed by atoms with Crippen molar-refractivity contribution in [2.45, 2.75) is 19.7 Å². The number of rotatable bonds is 9. The predicted molar refractivity (Wildman–Crippen MR) is 115 cm³/mol. The Morgan fingerprint density at radius 2 is 1.88 bits per heavy atom. The normalized spacial score (nSPS) is 10.8. The average Bonchev–Trinajstić information content (AvgIpc) is 3.14. The number of aromatic amines is 1. The number of benzene rings is 2. The highest BCUT2D eigenvalue weighted by atomic mass is 32.1. The molecule has 1 aromatic heterocycles. The van der Waals surface area contributed by atoms with Gasteiger partial charge in [-0.3, -0.25) is 14.5 Å². The molecular formula is C21H22F2N4O4S. The van der Waals surface area contributed by atoms with Gasteiger partial charge < -0.3 is 19.1 Å². The van der Waals surface area contributed by atoms with Gasteiger partial charge in [-0.05, 0) is 54.2 Å². The van der Waals surface area contributed by atoms with Gasteiger partial charge in [0, 0.05) is 19.2 Å². The minimum Gasteiger partial charge on any atom is -0.497 e. The summed E-state index contributed by atoms with van der Waals surface area (Å²) in [6.07, 6.45) is 0. The minimum atomic E-state index is -2.96. The van der Waals surface area contributed by atoms with Gasteiger partial charge in [0.05, 0.1) is 14.2 Å². The quantitative estimate of drug-likeness (QED) is 0.484. The molecular weight excluding hydrogens is 442 g/mol. The Bertz CT molecular complexity index is 1130. The van der Waals surface area contributed by atoms with Crippen molar-refractivity contribution >= 4 is 18.1 Å². The molecule has 0 aliphatic carbocycles. The Balaban J connectivity index is 1.74. The molecule has 0 saturated heterocycles. The first kappa shape index (κ1) is 23.2. The van der Waals surface area contributed by atoms with Crippen LogP contribution in [0, 0.1) is 4.77 Å². The maximum absolute atomic E-state index is 12.9. The summed E-state index contributed by atoms with van der Waals surface area (Å²) in [5.41, 5.74) is 1.46. The SMILES string of the molecule is COc1ccc(-c2n[nH]c(=S)n2CC(=O)N(C)Cc2ccc(OC(F)F)c(OC)c2)cc1. The molecule has 1 amide bonds. The molecule has 0 fully saturated rings. The summed E-state index contributed by atoms with van der Waals surface area (Å²) in [5.74, 6) is 1.08. The van der Waals surface area contributed by atoms with Crippen LogP contribution >= 0.6 is 12.2 Å². The first-order chi connectivity index (χ1) is 15.3. The van der Waals surface area contributed by atoms with Crippen molar-refractivity contribution in [2.24, 2.45) is 0 Å². The van der Waals surface area contributed by atoms with Crippen molar-refractivity contribution < 1.29 is 27.8 Å². The smallest absolute Gasteiger partial charge is 0.387 e. The van der Waals surface area contributed by atoms with Crippen LogP contribution in [0.5, 0.6) is 17.2 Å². The molecule has 0 unspecified atom stereocenters. The number of H-pyrrole nitrogens is 1. The molecule has 0 aliphatic rings. The zero-order valence-electron chi connectivity index (χ0n) is 17.7. The summed E-state index contributed by atoms with van der Waals surface area (Å²) in [4.78, 5) is 14.4. The van der Waals surface area contributed by atoms with E-state index in [1.807, 2.05) is 12.1 Å². The van der Waals surface area contributed by atoms with Gasteiger partial charge in [-0.2, -0.15) is 13.9 Å². The van der Waals surface area contributed by atoms with E-state index in [1.54, 1.807) is 43.0 Å². The summed E-state index contributed by atoms with van der Waals surface area (Å²) in [6, 6.07) is 11.8. The number of aromatic nitrogens is 3. The first-order valence-corrected chi connectivity index (χ1v) is 9.88. The summed E-state index contributed by atoms with van der Waals surface area (Å²) >= 11 is 5.30. The molecule has 170 valence electrons. The van der Waals surface area contributed by atoms with E-state index >= 15 is 0 Å². The molecule has 3 rings (SSSR count). The Morgan fingerprint density at radius 1 is 1.16 bits per heavy atom. The summed E-state index contributed by atoms with van der Waals surface area (Å²) in [5, 5.41) is 6.95. The van der Waals surface area contributed by atoms with Gasteiger partial charge in [0.15, 0.2) is 22.1 Å². The highest BCUT2D eigenvalue weighted by molar-refractivity contribution is 7.71. The number of halogens is 2. The fraction of sp³-hybridized carbons (Fsp3) is 0.286. The number of likely N-dealkylation sites (N-methyl/N-ethyl adjacent to an activating group) is 1. The molecule has 0 bridgehead atoms. The molecule has 0 atom stereocenters. The van der Waals surface area contributed by atoms with Gasteiger partial charge in [0.2, 0.25) is 5.91 Å². The molecule has 0 aliphatic heterocycles. The number of carbonyl (C=O) groups excluding carboxylic acids is 1. The van der Waals surface area contributed by atoms with Gasteiger partial charge in [0.25, 0.3) is 0 Å². The highest BCUT2D eigenvalue weighted by Gasteiger charge is 2.17. The van der Waals surface area contributed by atoms with Crippen LogP contribution in [0.4, 0.5) is 8.78 Å². The topological polar surface area (TPSA) is 81.6 Å². The lowest BCUT2D eigenvalue weighted by atomic mass is 10.2. The van der Waals surface area contributed by atoms with Crippen LogP contribution in [0.1, 0.15) is 5.56 Å². The van der Waals surface area contributed by atoms with E-state index in [2.05, 4.69) is 14.9 Å². The third kappa shape index (κ3) is 5.41. The van der Waals surface area contributed by atoms with Crippen molar-refractivity contribution in [3.05, 3.63) is 52.8 Å². The van der Waals surface area contributed by atoms with Gasteiger partial charge in [0.1, 0.15) is 12.3 Å². The van der Waals surface area contributed by atoms with Crippen molar-refractivity contribution in [1.29, 1.82) is 0 Å². The Morgan fingerprint density at radius 3 is 2.50 bits per heavy atom. The zero-order valence-corrected chi connectivity index (χ0v) is 18.5. The molecule has 0 radical (unpaired) electrons. The van der Waals surface area contributed by atoms with Crippen molar-refractivity contribution in [3.8, 4) is 28.6 Å². The molecule has 3 aromatic rings. The molecule has 32 heavy (non-hydrogen) atoms. The van der Waals surface area contributed by atoms with Crippen molar-refractivity contribution in [2.75, 3.05) is 21.3 Å². The van der Waals surface area contributed by atoms with E-state index in [1.165, 1.54) is 18.1 Å². The summed E-state index contributed by atoms with van der Waals surface area (Å²) < 4.78 is 41.6. The van der Waals surface area contributed by atoms with Gasteiger partial charge in [-0.25, -0.2) is 0 Å². The first-order valence-electron chi connectivity index (χ1n) is 9.47. The van der Waals surface area contributed by atoms with Crippen LogP contribution in [0.2, 0.25) is 0 Å². The number of amides is 1. The number of nitrogens with zero attached hydrogens (tertiary/aromatic N) is 3. The number of hydrogen-bond acceptors (Lipinski definition) is 6. The van der Waals surface area contributed by atoms with E-state index in [0.717, 1.165) is 5.56 Å². The lowest BCUT2D eigenvalue weighted by molar-refractivity contribution is -0.131. The van der Waals surface area contributed by atoms with Crippen molar-refractivity contribution in [1.82, 2.24) is 19.7 Å². The number of carbonyl (C=O) groups is 1. The molecule has 0 saturated carbocycles. The van der Waals surface area contributed by atoms with Crippen LogP contribution in [-0.2, 0) is 17.9 Å². The Kier molecular flexibility index (Phi) is 7.41. The van der Waals surface area contributed by atoms with Gasteiger partial charge in [-0.15, -0.1) is 0 Å². The molecule has 11 heteroatoms. The number of methoxy groups -OCH3 is 2. The zero-order chi connectivity index (χ0) is 23.3. The second kappa shape index (κ2) is 10.2. The third-order valence-electron chi connectivity index (χ3n) is 4.69. The van der Waals surface area contributed by atoms with Gasteiger partial charge in [-0.1, -0.05) is 6.07 Å². The summed E-state index contributed by atoms with van der Waals surface area (Å²) in [7, 11) is 4.57. The molecule has 2 aromatic carbocycles. The third-order valence-corrected chi connectivity index (χ3v) is 5.00. The largest absolute Gasteiger partial charge is 0.497 e. The van der Waals surface area contributed by atoms with E-state index in [0.29, 0.717) is 21.9 Å². The standard InChI is InChI=1S/C21H22F2N4O4S/c1-26(11-13-4-9-16(31-20(22)23)17(10-13)30-3)18(28)12-27-19(24-25-21(27)32)14-5-7-15(29-2)8-6-14/h4-10,20H,11-12H2,1-3H3,(H,25,32). The number of hydrogen-bond donors (Lipinski definition) is 1. The maximum atomic E-state index is 12.9. The van der Waals surface area contributed by atoms with E-state index in [4.69, 9.17) is 21.7 Å². The van der Waals surface area contributed by atoms with Crippen LogP contribution in [0.15, 0.2) is 42.5 Å². The minimum absolute atomic E-state index is 0.0308. The summed E-state index contributed by atoms with van der Waals surface area (Å²) in [6.45, 7) is -2.76. The Labute approximate surface area is 188 Å². The second-order valence-corrected chi connectivity index (χ2v) is 7.17. The monoisotopic (exact) mass is 464 g/mol. The number of nitrogens with one attached hydrogen (secondary N) is 1. The average molecular weight is 464 g/mol. The lowest BCUT2D eigenvalue weighted by Crippen LogP contribution is -2.30. The number of alkyl halides is 2. The van der Waals surface area contributed by atoms with Gasteiger partial charge >= 0.3 is 6.61 Å². The fourth-order valence-corrected chi connectivity index (χ4v) is 3.24. The lowest BCUT2D eigenvalue weighted by Gasteiger charge is -2.19. The van der Waals surface area contributed by atoms with Crippen molar-refractivity contribution in [3.63, 3.8) is 0 Å². The van der Waals surface area contributed by atoms with Crippen LogP contribution in [-0.4, -0.2) is 53.5 Å². The number of ether oxygens (including phenoxy) is 3. The molecule has 1 N–H and O–H groups in total. The van der Waals surface area contributed by atoms with E-state index in [-0.39, 0.29) is 30.5 Å². The van der Waals surface area contributed by atoms with Crippen LogP contribution < -0.4 is 14.2 Å².